The third-order valence-corrected chi connectivity index (χ3v) is 3.83. The van der Waals surface area contributed by atoms with Crippen molar-refractivity contribution in [3.8, 4) is 6.07 Å². The lowest BCUT2D eigenvalue weighted by Gasteiger charge is -2.09. The first-order chi connectivity index (χ1) is 10.6. The topological polar surface area (TPSA) is 58.7 Å². The normalized spacial score (nSPS) is 10.6. The zero-order valence-electron chi connectivity index (χ0n) is 11.3. The molecule has 22 heavy (non-hydrogen) atoms. The third-order valence-electron chi connectivity index (χ3n) is 3.32. The van der Waals surface area contributed by atoms with E-state index in [2.05, 4.69) is 11.1 Å². The Morgan fingerprint density at radius 3 is 2.77 bits per heavy atom. The molecular weight excluding hydrogens is 321 g/mol. The summed E-state index contributed by atoms with van der Waals surface area (Å²) >= 11 is 12.0. The maximum Gasteiger partial charge on any atom is 0.261 e. The van der Waals surface area contributed by atoms with Gasteiger partial charge in [0.05, 0.1) is 40.4 Å². The molecule has 0 aliphatic carbocycles. The molecule has 0 bridgehead atoms. The van der Waals surface area contributed by atoms with Crippen molar-refractivity contribution in [2.45, 2.75) is 6.54 Å². The molecule has 6 heteroatoms. The second-order valence-corrected chi connectivity index (χ2v) is 5.57. The Balaban J connectivity index is 2.15. The highest BCUT2D eigenvalue weighted by molar-refractivity contribution is 6.38. The molecule has 2 aromatic carbocycles. The Kier molecular flexibility index (Phi) is 3.84. The molecule has 4 nitrogen and oxygen atoms in total. The Morgan fingerprint density at radius 2 is 2.00 bits per heavy atom. The van der Waals surface area contributed by atoms with E-state index in [4.69, 9.17) is 28.5 Å². The van der Waals surface area contributed by atoms with Crippen LogP contribution in [-0.4, -0.2) is 9.55 Å². The molecule has 108 valence electrons. The van der Waals surface area contributed by atoms with Gasteiger partial charge in [0.1, 0.15) is 0 Å². The predicted molar refractivity (Wildman–Crippen MR) is 86.3 cm³/mol. The number of rotatable bonds is 2. The highest BCUT2D eigenvalue weighted by Gasteiger charge is 2.10. The quantitative estimate of drug-likeness (QED) is 0.721. The van der Waals surface area contributed by atoms with Crippen molar-refractivity contribution in [3.63, 3.8) is 0 Å². The van der Waals surface area contributed by atoms with Gasteiger partial charge in [-0.1, -0.05) is 41.4 Å². The first kappa shape index (κ1) is 14.6. The van der Waals surface area contributed by atoms with E-state index >= 15 is 0 Å². The van der Waals surface area contributed by atoms with E-state index in [-0.39, 0.29) is 12.1 Å². The van der Waals surface area contributed by atoms with Crippen LogP contribution in [0.1, 0.15) is 11.1 Å². The van der Waals surface area contributed by atoms with Gasteiger partial charge in [0.25, 0.3) is 5.56 Å². The van der Waals surface area contributed by atoms with E-state index in [1.54, 1.807) is 30.3 Å². The summed E-state index contributed by atoms with van der Waals surface area (Å²) in [4.78, 5) is 16.8. The second kappa shape index (κ2) is 5.80. The highest BCUT2D eigenvalue weighted by atomic mass is 35.5. The average molecular weight is 330 g/mol. The maximum absolute atomic E-state index is 12.6. The average Bonchev–Trinajstić information content (AvgIpc) is 2.51. The largest absolute Gasteiger partial charge is 0.294 e. The van der Waals surface area contributed by atoms with Gasteiger partial charge in [-0.05, 0) is 23.8 Å². The van der Waals surface area contributed by atoms with Crippen LogP contribution >= 0.6 is 23.2 Å². The number of benzene rings is 2. The molecule has 3 rings (SSSR count). The number of halogens is 2. The molecule has 0 unspecified atom stereocenters. The van der Waals surface area contributed by atoms with Gasteiger partial charge in [0.15, 0.2) is 0 Å². The van der Waals surface area contributed by atoms with Crippen LogP contribution in [0, 0.1) is 11.3 Å². The summed E-state index contributed by atoms with van der Waals surface area (Å²) in [5.41, 5.74) is 1.45. The molecule has 0 fully saturated rings. The van der Waals surface area contributed by atoms with E-state index in [1.165, 1.54) is 10.9 Å². The number of nitriles is 1. The first-order valence-corrected chi connectivity index (χ1v) is 7.18. The minimum atomic E-state index is -0.248. The van der Waals surface area contributed by atoms with Crippen molar-refractivity contribution in [3.05, 3.63) is 74.3 Å². The molecule has 0 N–H and O–H groups in total. The fraction of sp³-hybridized carbons (Fsp3) is 0.0625. The lowest BCUT2D eigenvalue weighted by Crippen LogP contribution is -2.21. The Bertz CT molecular complexity index is 973. The van der Waals surface area contributed by atoms with E-state index in [1.807, 2.05) is 6.07 Å². The molecule has 3 aromatic rings. The summed E-state index contributed by atoms with van der Waals surface area (Å²) in [6, 6.07) is 12.3. The molecule has 0 spiro atoms. The fourth-order valence-electron chi connectivity index (χ4n) is 2.26. The van der Waals surface area contributed by atoms with Crippen LogP contribution in [0.4, 0.5) is 0 Å². The summed E-state index contributed by atoms with van der Waals surface area (Å²) in [6.07, 6.45) is 1.43. The molecule has 1 aromatic heterocycles. The molecule has 0 aliphatic heterocycles. The number of hydrogen-bond donors (Lipinski definition) is 0. The number of fused-ring (bicyclic) bond motifs is 1. The van der Waals surface area contributed by atoms with Gasteiger partial charge in [0, 0.05) is 5.02 Å². The van der Waals surface area contributed by atoms with Crippen LogP contribution in [0.3, 0.4) is 0 Å². The van der Waals surface area contributed by atoms with Crippen LogP contribution in [0.5, 0.6) is 0 Å². The minimum Gasteiger partial charge on any atom is -0.294 e. The Labute approximate surface area is 136 Å². The van der Waals surface area contributed by atoms with Gasteiger partial charge < -0.3 is 0 Å². The van der Waals surface area contributed by atoms with E-state index in [9.17, 15) is 4.79 Å². The molecule has 0 atom stereocenters. The SMILES string of the molecule is N#Cc1ccccc1Cn1cnc2c(Cl)cc(Cl)cc2c1=O. The zero-order valence-corrected chi connectivity index (χ0v) is 12.8. The van der Waals surface area contributed by atoms with Gasteiger partial charge in [-0.25, -0.2) is 4.98 Å². The molecule has 0 aliphatic rings. The Morgan fingerprint density at radius 1 is 1.23 bits per heavy atom. The highest BCUT2D eigenvalue weighted by Crippen LogP contribution is 2.24. The maximum atomic E-state index is 12.6. The molecule has 0 saturated carbocycles. The van der Waals surface area contributed by atoms with Gasteiger partial charge in [0.2, 0.25) is 0 Å². The van der Waals surface area contributed by atoms with Gasteiger partial charge in [-0.3, -0.25) is 9.36 Å². The van der Waals surface area contributed by atoms with Crippen molar-refractivity contribution in [2.75, 3.05) is 0 Å². The van der Waals surface area contributed by atoms with Crippen molar-refractivity contribution in [1.82, 2.24) is 9.55 Å². The molecule has 0 saturated heterocycles. The number of aromatic nitrogens is 2. The summed E-state index contributed by atoms with van der Waals surface area (Å²) in [5.74, 6) is 0. The van der Waals surface area contributed by atoms with Crippen molar-refractivity contribution >= 4 is 34.1 Å². The first-order valence-electron chi connectivity index (χ1n) is 6.42. The fourth-order valence-corrected chi connectivity index (χ4v) is 2.80. The van der Waals surface area contributed by atoms with Crippen molar-refractivity contribution < 1.29 is 0 Å². The van der Waals surface area contributed by atoms with E-state index in [0.717, 1.165) is 5.56 Å². The van der Waals surface area contributed by atoms with Crippen LogP contribution in [-0.2, 0) is 6.54 Å². The summed E-state index contributed by atoms with van der Waals surface area (Å²) in [6.45, 7) is 0.260. The number of nitrogens with zero attached hydrogens (tertiary/aromatic N) is 3. The molecule has 1 heterocycles. The van der Waals surface area contributed by atoms with Crippen LogP contribution in [0.15, 0.2) is 47.5 Å². The van der Waals surface area contributed by atoms with Crippen LogP contribution < -0.4 is 5.56 Å². The molecular formula is C16H9Cl2N3O. The summed E-state index contributed by atoms with van der Waals surface area (Å²) in [7, 11) is 0. The van der Waals surface area contributed by atoms with E-state index in [0.29, 0.717) is 26.5 Å². The summed E-state index contributed by atoms with van der Waals surface area (Å²) < 4.78 is 1.44. The molecule has 0 radical (unpaired) electrons. The second-order valence-electron chi connectivity index (χ2n) is 4.73. The minimum absolute atomic E-state index is 0.248. The van der Waals surface area contributed by atoms with Gasteiger partial charge >= 0.3 is 0 Å². The third kappa shape index (κ3) is 2.57. The van der Waals surface area contributed by atoms with Crippen molar-refractivity contribution in [2.24, 2.45) is 0 Å². The standard InChI is InChI=1S/C16H9Cl2N3O/c17-12-5-13-15(14(18)6-12)20-9-21(16(13)22)8-11-4-2-1-3-10(11)7-19/h1-6,9H,8H2. The molecule has 0 amide bonds. The lowest BCUT2D eigenvalue weighted by molar-refractivity contribution is 0.747. The van der Waals surface area contributed by atoms with Crippen molar-refractivity contribution in [1.29, 1.82) is 5.26 Å². The van der Waals surface area contributed by atoms with Crippen LogP contribution in [0.2, 0.25) is 10.0 Å². The smallest absolute Gasteiger partial charge is 0.261 e. The van der Waals surface area contributed by atoms with Crippen LogP contribution in [0.25, 0.3) is 10.9 Å². The van der Waals surface area contributed by atoms with Gasteiger partial charge in [-0.2, -0.15) is 5.26 Å². The zero-order chi connectivity index (χ0) is 15.7. The monoisotopic (exact) mass is 329 g/mol. The summed E-state index contributed by atoms with van der Waals surface area (Å²) in [5, 5.41) is 10.2. The predicted octanol–water partition coefficient (Wildman–Crippen LogP) is 3.62. The van der Waals surface area contributed by atoms with E-state index < -0.39 is 0 Å². The lowest BCUT2D eigenvalue weighted by atomic mass is 10.1. The van der Waals surface area contributed by atoms with Gasteiger partial charge in [-0.15, -0.1) is 0 Å². The number of hydrogen-bond acceptors (Lipinski definition) is 3. The Hall–Kier alpha value is -2.35.